The van der Waals surface area contributed by atoms with E-state index in [0.29, 0.717) is 12.2 Å². The summed E-state index contributed by atoms with van der Waals surface area (Å²) < 4.78 is 0. The molecule has 0 bridgehead atoms. The Morgan fingerprint density at radius 2 is 0.667 bits per heavy atom. The molecule has 0 spiro atoms. The van der Waals surface area contributed by atoms with Gasteiger partial charge < -0.3 is 15.3 Å². The van der Waals surface area contributed by atoms with Gasteiger partial charge >= 0.3 is 11.9 Å². The summed E-state index contributed by atoms with van der Waals surface area (Å²) in [5.74, 6) is -0.946. The van der Waals surface area contributed by atoms with Crippen molar-refractivity contribution in [3.05, 3.63) is 0 Å². The molecule has 0 saturated carbocycles. The molecule has 1 unspecified atom stereocenters. The summed E-state index contributed by atoms with van der Waals surface area (Å²) in [5, 5.41) is 26.8. The molecule has 0 aromatic heterocycles. The van der Waals surface area contributed by atoms with Crippen molar-refractivity contribution < 1.29 is 29.7 Å². The van der Waals surface area contributed by atoms with Crippen LogP contribution in [0.3, 0.4) is 0 Å². The van der Waals surface area contributed by atoms with Crippen LogP contribution in [0, 0.1) is 0 Å². The van der Waals surface area contributed by atoms with Crippen LogP contribution in [0.2, 0.25) is 0 Å². The van der Waals surface area contributed by atoms with Crippen molar-refractivity contribution in [2.24, 2.45) is 0 Å². The molecular weight excluding hydrogens is 528 g/mol. The van der Waals surface area contributed by atoms with Crippen LogP contribution in [0.4, 0.5) is 0 Å². The monoisotopic (exact) mass is 599 g/mol. The number of Topliss-reactive ketones (excluding diaryl/α,β-unsaturated/α-hetero) is 1. The number of carbonyl (C=O) groups excluding carboxylic acids is 1. The molecule has 0 aliphatic carbocycles. The van der Waals surface area contributed by atoms with E-state index >= 15 is 0 Å². The number of rotatable bonds is 32. The fraction of sp³-hybridized carbons (Fsp3) is 0.917. The lowest BCUT2D eigenvalue weighted by atomic mass is 10.0. The highest BCUT2D eigenvalue weighted by Crippen LogP contribution is 2.15. The van der Waals surface area contributed by atoms with Gasteiger partial charge in [-0.15, -0.1) is 0 Å². The summed E-state index contributed by atoms with van der Waals surface area (Å²) in [6.45, 7) is 4.41. The van der Waals surface area contributed by atoms with E-state index < -0.39 is 11.9 Å². The predicted molar refractivity (Wildman–Crippen MR) is 176 cm³/mol. The first-order valence-corrected chi connectivity index (χ1v) is 18.0. The molecule has 0 aromatic carbocycles. The quantitative estimate of drug-likeness (QED) is 0.0664. The van der Waals surface area contributed by atoms with Gasteiger partial charge in [0.15, 0.2) is 0 Å². The minimum atomic E-state index is -0.699. The van der Waals surface area contributed by atoms with E-state index in [2.05, 4.69) is 13.8 Å². The summed E-state index contributed by atoms with van der Waals surface area (Å²) >= 11 is 0. The number of hydrogen-bond acceptors (Lipinski definition) is 4. The van der Waals surface area contributed by atoms with Gasteiger partial charge in [0.1, 0.15) is 5.78 Å². The first-order chi connectivity index (χ1) is 20.3. The molecule has 0 rings (SSSR count). The Hall–Kier alpha value is -1.43. The van der Waals surface area contributed by atoms with Crippen molar-refractivity contribution in [2.75, 3.05) is 0 Å². The average molecular weight is 599 g/mol. The lowest BCUT2D eigenvalue weighted by Crippen LogP contribution is -2.05. The molecule has 0 amide bonds. The van der Waals surface area contributed by atoms with Crippen molar-refractivity contribution in [3.63, 3.8) is 0 Å². The molecule has 0 aliphatic heterocycles. The highest BCUT2D eigenvalue weighted by molar-refractivity contribution is 5.78. The van der Waals surface area contributed by atoms with Gasteiger partial charge in [-0.25, -0.2) is 0 Å². The van der Waals surface area contributed by atoms with E-state index in [1.54, 1.807) is 0 Å². The molecule has 0 aromatic rings. The number of ketones is 1. The van der Waals surface area contributed by atoms with Crippen molar-refractivity contribution in [3.8, 4) is 0 Å². The molecule has 0 fully saturated rings. The third-order valence-electron chi connectivity index (χ3n) is 7.97. The largest absolute Gasteiger partial charge is 0.481 e. The number of aliphatic carboxylic acids is 2. The van der Waals surface area contributed by atoms with Crippen molar-refractivity contribution >= 4 is 17.7 Å². The van der Waals surface area contributed by atoms with Crippen molar-refractivity contribution in [1.82, 2.24) is 0 Å². The van der Waals surface area contributed by atoms with Gasteiger partial charge in [0, 0.05) is 25.7 Å². The smallest absolute Gasteiger partial charge is 0.303 e. The standard InChI is InChI=1S/C18H36O3.C18H34O3/c1-2-3-11-14-17(19)15-12-9-7-5-4-6-8-10-13-16-18(20)21;1-2-3-4-5-8-11-14-17(19)15-12-9-6-7-10-13-16-18(20)21/h17,19H,2-16H2,1H3,(H,20,21);2-16H2,1H3,(H,20,21). The van der Waals surface area contributed by atoms with Crippen LogP contribution in [0.15, 0.2) is 0 Å². The zero-order chi connectivity index (χ0) is 31.5. The number of aliphatic hydroxyl groups is 1. The van der Waals surface area contributed by atoms with Crippen LogP contribution in [0.5, 0.6) is 0 Å². The Labute approximate surface area is 259 Å². The third-order valence-corrected chi connectivity index (χ3v) is 7.97. The third kappa shape index (κ3) is 40.7. The minimum absolute atomic E-state index is 0.0780. The molecule has 6 nitrogen and oxygen atoms in total. The van der Waals surface area contributed by atoms with Gasteiger partial charge in [-0.05, 0) is 38.5 Å². The number of unbranched alkanes of at least 4 members (excludes halogenated alkanes) is 20. The highest BCUT2D eigenvalue weighted by Gasteiger charge is 2.04. The lowest BCUT2D eigenvalue weighted by Gasteiger charge is -2.09. The van der Waals surface area contributed by atoms with Crippen LogP contribution in [-0.4, -0.2) is 39.1 Å². The second-order valence-corrected chi connectivity index (χ2v) is 12.3. The Morgan fingerprint density at radius 1 is 0.405 bits per heavy atom. The molecule has 42 heavy (non-hydrogen) atoms. The number of hydrogen-bond donors (Lipinski definition) is 3. The zero-order valence-electron chi connectivity index (χ0n) is 27.9. The summed E-state index contributed by atoms with van der Waals surface area (Å²) in [6.07, 6.45) is 31.7. The second-order valence-electron chi connectivity index (χ2n) is 12.3. The van der Waals surface area contributed by atoms with Gasteiger partial charge in [-0.1, -0.05) is 142 Å². The first kappa shape index (κ1) is 42.7. The van der Waals surface area contributed by atoms with E-state index in [1.807, 2.05) is 0 Å². The number of carbonyl (C=O) groups is 3. The normalized spacial score (nSPS) is 11.6. The second kappa shape index (κ2) is 35.8. The maximum absolute atomic E-state index is 11.7. The number of carboxylic acid groups (broad SMARTS) is 2. The number of aliphatic hydroxyl groups excluding tert-OH is 1. The number of carboxylic acids is 2. The van der Waals surface area contributed by atoms with Crippen LogP contribution in [0.25, 0.3) is 0 Å². The van der Waals surface area contributed by atoms with E-state index in [-0.39, 0.29) is 12.5 Å². The molecule has 1 atom stereocenters. The molecular formula is C36H70O6. The van der Waals surface area contributed by atoms with Crippen LogP contribution in [-0.2, 0) is 14.4 Å². The fourth-order valence-electron chi connectivity index (χ4n) is 5.20. The first-order valence-electron chi connectivity index (χ1n) is 18.0. The highest BCUT2D eigenvalue weighted by atomic mass is 16.4. The Balaban J connectivity index is 0. The Bertz CT molecular complexity index is 591. The summed E-state index contributed by atoms with van der Waals surface area (Å²) in [4.78, 5) is 32.3. The maximum Gasteiger partial charge on any atom is 0.303 e. The average Bonchev–Trinajstić information content (AvgIpc) is 2.95. The van der Waals surface area contributed by atoms with Crippen LogP contribution < -0.4 is 0 Å². The van der Waals surface area contributed by atoms with Crippen molar-refractivity contribution in [1.29, 1.82) is 0 Å². The molecule has 0 aliphatic rings. The predicted octanol–water partition coefficient (Wildman–Crippen LogP) is 10.8. The molecule has 6 heteroatoms. The van der Waals surface area contributed by atoms with Crippen molar-refractivity contribution in [2.45, 2.75) is 213 Å². The Morgan fingerprint density at radius 3 is 1.02 bits per heavy atom. The molecule has 250 valence electrons. The van der Waals surface area contributed by atoms with E-state index in [4.69, 9.17) is 10.2 Å². The van der Waals surface area contributed by atoms with E-state index in [0.717, 1.165) is 89.9 Å². The molecule has 0 saturated heterocycles. The lowest BCUT2D eigenvalue weighted by molar-refractivity contribution is -0.138. The van der Waals surface area contributed by atoms with E-state index in [9.17, 15) is 19.5 Å². The summed E-state index contributed by atoms with van der Waals surface area (Å²) in [5.41, 5.74) is 0. The van der Waals surface area contributed by atoms with Gasteiger partial charge in [-0.2, -0.15) is 0 Å². The molecule has 0 heterocycles. The van der Waals surface area contributed by atoms with E-state index in [1.165, 1.54) is 89.9 Å². The topological polar surface area (TPSA) is 112 Å². The fourth-order valence-corrected chi connectivity index (χ4v) is 5.20. The maximum atomic E-state index is 11.7. The summed E-state index contributed by atoms with van der Waals surface area (Å²) in [6, 6.07) is 0. The van der Waals surface area contributed by atoms with Crippen LogP contribution in [0.1, 0.15) is 206 Å². The van der Waals surface area contributed by atoms with Crippen LogP contribution >= 0.6 is 0 Å². The van der Waals surface area contributed by atoms with Gasteiger partial charge in [0.2, 0.25) is 0 Å². The molecule has 3 N–H and O–H groups in total. The zero-order valence-corrected chi connectivity index (χ0v) is 27.9. The minimum Gasteiger partial charge on any atom is -0.481 e. The van der Waals surface area contributed by atoms with Gasteiger partial charge in [0.25, 0.3) is 0 Å². The SMILES string of the molecule is CCCCCC(O)CCCCCCCCCCCC(=O)O.CCCCCCCCC(=O)CCCCCCCCC(=O)O. The Kier molecular flexibility index (Phi) is 36.4. The van der Waals surface area contributed by atoms with Gasteiger partial charge in [-0.3, -0.25) is 14.4 Å². The summed E-state index contributed by atoms with van der Waals surface area (Å²) in [7, 11) is 0. The van der Waals surface area contributed by atoms with Gasteiger partial charge in [0.05, 0.1) is 6.10 Å². The molecule has 0 radical (unpaired) electrons.